The maximum atomic E-state index is 12.2. The van der Waals surface area contributed by atoms with Crippen LogP contribution >= 0.6 is 11.3 Å². The summed E-state index contributed by atoms with van der Waals surface area (Å²) in [6.45, 7) is 5.00. The molecule has 0 aliphatic rings. The van der Waals surface area contributed by atoms with E-state index in [0.29, 0.717) is 38.2 Å². The molecular weight excluding hydrogens is 408 g/mol. The molecule has 2 rings (SSSR count). The van der Waals surface area contributed by atoms with Gasteiger partial charge in [0.1, 0.15) is 0 Å². The minimum Gasteiger partial charge on any atom is -0.461 e. The second-order valence-electron chi connectivity index (χ2n) is 6.97. The van der Waals surface area contributed by atoms with E-state index in [1.807, 2.05) is 12.1 Å². The van der Waals surface area contributed by atoms with Gasteiger partial charge in [-0.05, 0) is 37.3 Å². The van der Waals surface area contributed by atoms with Gasteiger partial charge < -0.3 is 4.74 Å². The lowest BCUT2D eigenvalue weighted by atomic mass is 10.1. The summed E-state index contributed by atoms with van der Waals surface area (Å²) in [5.74, 6) is -0.421. The third-order valence-electron chi connectivity index (χ3n) is 4.50. The number of hydrogen-bond acceptors (Lipinski definition) is 6. The number of carbonyl (C=O) groups is 1. The van der Waals surface area contributed by atoms with Gasteiger partial charge in [-0.3, -0.25) is 0 Å². The van der Waals surface area contributed by atoms with Crippen molar-refractivity contribution in [3.63, 3.8) is 0 Å². The standard InChI is InChI=1S/C21H30N2O4S2/c1-4-6-8-17-10-12-18(13-11-17)15-23(29(3,25)26)14-7-9-20-22-19(16-28-20)21(24)27-5-2/h10-13,16H,4-9,14-15H2,1-3H3. The monoisotopic (exact) mass is 438 g/mol. The van der Waals surface area contributed by atoms with E-state index < -0.39 is 16.0 Å². The molecule has 1 heterocycles. The third kappa shape index (κ3) is 7.87. The molecule has 0 aliphatic carbocycles. The number of nitrogens with zero attached hydrogens (tertiary/aromatic N) is 2. The number of rotatable bonds is 12. The minimum atomic E-state index is -3.32. The fourth-order valence-electron chi connectivity index (χ4n) is 2.89. The van der Waals surface area contributed by atoms with Crippen molar-refractivity contribution in [1.82, 2.24) is 9.29 Å². The Morgan fingerprint density at radius 3 is 2.41 bits per heavy atom. The number of benzene rings is 1. The van der Waals surface area contributed by atoms with Crippen molar-refractivity contribution in [2.45, 2.75) is 52.5 Å². The summed E-state index contributed by atoms with van der Waals surface area (Å²) in [5.41, 5.74) is 2.58. The average Bonchev–Trinajstić information content (AvgIpc) is 3.15. The highest BCUT2D eigenvalue weighted by atomic mass is 32.2. The van der Waals surface area contributed by atoms with E-state index in [1.54, 1.807) is 12.3 Å². The van der Waals surface area contributed by atoms with E-state index in [4.69, 9.17) is 4.74 Å². The molecule has 0 atom stereocenters. The molecule has 8 heteroatoms. The SMILES string of the molecule is CCCCc1ccc(CN(CCCc2nc(C(=O)OCC)cs2)S(C)(=O)=O)cc1. The summed E-state index contributed by atoms with van der Waals surface area (Å²) in [6, 6.07) is 8.18. The van der Waals surface area contributed by atoms with Crippen molar-refractivity contribution in [3.8, 4) is 0 Å². The molecule has 0 spiro atoms. The molecule has 1 aromatic heterocycles. The molecule has 0 saturated heterocycles. The van der Waals surface area contributed by atoms with Gasteiger partial charge >= 0.3 is 5.97 Å². The molecule has 0 bridgehead atoms. The Morgan fingerprint density at radius 2 is 1.79 bits per heavy atom. The van der Waals surface area contributed by atoms with Crippen LogP contribution in [0.3, 0.4) is 0 Å². The third-order valence-corrected chi connectivity index (χ3v) is 6.66. The van der Waals surface area contributed by atoms with Crippen molar-refractivity contribution < 1.29 is 17.9 Å². The van der Waals surface area contributed by atoms with Gasteiger partial charge in [-0.15, -0.1) is 11.3 Å². The second-order valence-corrected chi connectivity index (χ2v) is 9.89. The fraction of sp³-hybridized carbons (Fsp3) is 0.524. The molecule has 2 aromatic rings. The summed E-state index contributed by atoms with van der Waals surface area (Å²) in [7, 11) is -3.32. The molecule has 160 valence electrons. The summed E-state index contributed by atoms with van der Waals surface area (Å²) >= 11 is 1.39. The van der Waals surface area contributed by atoms with Gasteiger partial charge in [-0.2, -0.15) is 4.31 Å². The zero-order valence-corrected chi connectivity index (χ0v) is 19.0. The van der Waals surface area contributed by atoms with E-state index in [9.17, 15) is 13.2 Å². The first-order valence-electron chi connectivity index (χ1n) is 9.98. The van der Waals surface area contributed by atoms with Crippen LogP contribution in [-0.2, 0) is 34.1 Å². The minimum absolute atomic E-state index is 0.314. The van der Waals surface area contributed by atoms with Gasteiger partial charge in [0, 0.05) is 24.9 Å². The van der Waals surface area contributed by atoms with E-state index in [1.165, 1.54) is 27.5 Å². The molecule has 0 aliphatic heterocycles. The van der Waals surface area contributed by atoms with Crippen molar-refractivity contribution in [1.29, 1.82) is 0 Å². The molecule has 29 heavy (non-hydrogen) atoms. The predicted octanol–water partition coefficient (Wildman–Crippen LogP) is 4.06. The number of aryl methyl sites for hydroxylation is 2. The molecular formula is C21H30N2O4S2. The highest BCUT2D eigenvalue weighted by Gasteiger charge is 2.17. The van der Waals surface area contributed by atoms with Gasteiger partial charge in [0.05, 0.1) is 17.9 Å². The van der Waals surface area contributed by atoms with Gasteiger partial charge in [0.15, 0.2) is 5.69 Å². The smallest absolute Gasteiger partial charge is 0.357 e. The van der Waals surface area contributed by atoms with E-state index >= 15 is 0 Å². The van der Waals surface area contributed by atoms with Crippen molar-refractivity contribution >= 4 is 27.3 Å². The first kappa shape index (κ1) is 23.5. The van der Waals surface area contributed by atoms with Crippen LogP contribution in [0.4, 0.5) is 0 Å². The zero-order valence-electron chi connectivity index (χ0n) is 17.4. The fourth-order valence-corrected chi connectivity index (χ4v) is 4.54. The number of carbonyl (C=O) groups excluding carboxylic acids is 1. The number of aromatic nitrogens is 1. The van der Waals surface area contributed by atoms with E-state index in [-0.39, 0.29) is 0 Å². The highest BCUT2D eigenvalue weighted by Crippen LogP contribution is 2.16. The van der Waals surface area contributed by atoms with Gasteiger partial charge in [0.25, 0.3) is 0 Å². The summed E-state index contributed by atoms with van der Waals surface area (Å²) in [5, 5.41) is 2.49. The largest absolute Gasteiger partial charge is 0.461 e. The van der Waals surface area contributed by atoms with Crippen molar-refractivity contribution in [2.24, 2.45) is 0 Å². The molecule has 0 fully saturated rings. The first-order valence-corrected chi connectivity index (χ1v) is 12.7. The Balaban J connectivity index is 1.92. The Kier molecular flexibility index (Phi) is 9.26. The first-order chi connectivity index (χ1) is 13.8. The Labute approximate surface area is 178 Å². The van der Waals surface area contributed by atoms with Crippen LogP contribution in [0, 0.1) is 0 Å². The number of ether oxygens (including phenoxy) is 1. The maximum absolute atomic E-state index is 12.2. The molecule has 0 amide bonds. The lowest BCUT2D eigenvalue weighted by Crippen LogP contribution is -2.30. The molecule has 0 N–H and O–H groups in total. The van der Waals surface area contributed by atoms with Gasteiger partial charge in [0.2, 0.25) is 10.0 Å². The highest BCUT2D eigenvalue weighted by molar-refractivity contribution is 7.88. The predicted molar refractivity (Wildman–Crippen MR) is 117 cm³/mol. The molecule has 1 aromatic carbocycles. The number of hydrogen-bond donors (Lipinski definition) is 0. The second kappa shape index (κ2) is 11.4. The van der Waals surface area contributed by atoms with Gasteiger partial charge in [-0.1, -0.05) is 37.6 Å². The zero-order chi connectivity index (χ0) is 21.3. The lowest BCUT2D eigenvalue weighted by molar-refractivity contribution is 0.0520. The van der Waals surface area contributed by atoms with Crippen LogP contribution in [0.25, 0.3) is 0 Å². The van der Waals surface area contributed by atoms with Crippen LogP contribution in [0.1, 0.15) is 59.7 Å². The van der Waals surface area contributed by atoms with Crippen LogP contribution < -0.4 is 0 Å². The van der Waals surface area contributed by atoms with Crippen LogP contribution in [0.2, 0.25) is 0 Å². The quantitative estimate of drug-likeness (QED) is 0.467. The molecule has 0 saturated carbocycles. The molecule has 0 unspecified atom stereocenters. The van der Waals surface area contributed by atoms with Crippen LogP contribution in [0.15, 0.2) is 29.6 Å². The van der Waals surface area contributed by atoms with E-state index in [2.05, 4.69) is 24.0 Å². The molecule has 6 nitrogen and oxygen atoms in total. The summed E-state index contributed by atoms with van der Waals surface area (Å²) in [6.07, 6.45) is 5.86. The maximum Gasteiger partial charge on any atom is 0.357 e. The topological polar surface area (TPSA) is 76.6 Å². The summed E-state index contributed by atoms with van der Waals surface area (Å²) in [4.78, 5) is 16.0. The average molecular weight is 439 g/mol. The number of unbranched alkanes of at least 4 members (excludes halogenated alkanes) is 1. The van der Waals surface area contributed by atoms with Crippen molar-refractivity contribution in [3.05, 3.63) is 51.5 Å². The number of thiazole rings is 1. The Morgan fingerprint density at radius 1 is 1.10 bits per heavy atom. The Bertz CT molecular complexity index is 876. The lowest BCUT2D eigenvalue weighted by Gasteiger charge is -2.20. The normalized spacial score (nSPS) is 11.7. The van der Waals surface area contributed by atoms with Gasteiger partial charge in [-0.25, -0.2) is 18.2 Å². The van der Waals surface area contributed by atoms with Crippen molar-refractivity contribution in [2.75, 3.05) is 19.4 Å². The Hall–Kier alpha value is -1.77. The summed E-state index contributed by atoms with van der Waals surface area (Å²) < 4.78 is 30.8. The van der Waals surface area contributed by atoms with E-state index in [0.717, 1.165) is 29.8 Å². The number of sulfonamides is 1. The van der Waals surface area contributed by atoms with Crippen LogP contribution in [-0.4, -0.2) is 43.1 Å². The molecule has 0 radical (unpaired) electrons. The van der Waals surface area contributed by atoms with Crippen LogP contribution in [0.5, 0.6) is 0 Å². The number of esters is 1.